The molecule has 4 nitrogen and oxygen atoms in total. The molecule has 6 atom stereocenters. The molecule has 3 aliphatic rings. The SMILES string of the molecule is OC1CCCCC1N[C@@H]1CCCC[C@H]1NC1CCCCC1O. The molecule has 3 saturated carbocycles. The molecular weight excluding hydrogens is 276 g/mol. The molecule has 3 rings (SSSR count). The fourth-order valence-electron chi connectivity index (χ4n) is 4.69. The van der Waals surface area contributed by atoms with Gasteiger partial charge in [0.1, 0.15) is 0 Å². The second-order valence-electron chi connectivity index (χ2n) is 7.75. The highest BCUT2D eigenvalue weighted by atomic mass is 16.3. The van der Waals surface area contributed by atoms with Crippen molar-refractivity contribution in [1.82, 2.24) is 10.6 Å². The Morgan fingerprint density at radius 1 is 0.455 bits per heavy atom. The molecule has 0 spiro atoms. The molecule has 0 aliphatic heterocycles. The Morgan fingerprint density at radius 3 is 1.14 bits per heavy atom. The van der Waals surface area contributed by atoms with E-state index in [2.05, 4.69) is 10.6 Å². The normalized spacial score (nSPS) is 43.9. The van der Waals surface area contributed by atoms with Crippen molar-refractivity contribution in [3.8, 4) is 0 Å². The molecule has 4 heteroatoms. The summed E-state index contributed by atoms with van der Waals surface area (Å²) in [5.41, 5.74) is 0. The van der Waals surface area contributed by atoms with Gasteiger partial charge in [-0.1, -0.05) is 38.5 Å². The number of aliphatic hydroxyl groups excluding tert-OH is 2. The average molecular weight is 310 g/mol. The van der Waals surface area contributed by atoms with Gasteiger partial charge < -0.3 is 20.8 Å². The van der Waals surface area contributed by atoms with Gasteiger partial charge in [0.15, 0.2) is 0 Å². The highest BCUT2D eigenvalue weighted by molar-refractivity contribution is 4.94. The van der Waals surface area contributed by atoms with Crippen LogP contribution in [0, 0.1) is 0 Å². The molecule has 128 valence electrons. The number of hydrogen-bond acceptors (Lipinski definition) is 4. The van der Waals surface area contributed by atoms with E-state index in [1.807, 2.05) is 0 Å². The predicted octanol–water partition coefficient (Wildman–Crippen LogP) is 2.08. The van der Waals surface area contributed by atoms with E-state index in [-0.39, 0.29) is 24.3 Å². The lowest BCUT2D eigenvalue weighted by atomic mass is 9.85. The van der Waals surface area contributed by atoms with Crippen LogP contribution in [0.3, 0.4) is 0 Å². The summed E-state index contributed by atoms with van der Waals surface area (Å²) in [4.78, 5) is 0. The van der Waals surface area contributed by atoms with Crippen LogP contribution in [0.15, 0.2) is 0 Å². The molecule has 22 heavy (non-hydrogen) atoms. The van der Waals surface area contributed by atoms with Gasteiger partial charge in [0.05, 0.1) is 12.2 Å². The molecular formula is C18H34N2O2. The molecule has 0 amide bonds. The molecule has 4 unspecified atom stereocenters. The fraction of sp³-hybridized carbons (Fsp3) is 1.00. The third-order valence-electron chi connectivity index (χ3n) is 6.08. The summed E-state index contributed by atoms with van der Waals surface area (Å²) in [6, 6.07) is 1.47. The molecule has 0 aromatic heterocycles. The first kappa shape index (κ1) is 16.7. The highest BCUT2D eigenvalue weighted by Gasteiger charge is 2.33. The number of rotatable bonds is 4. The van der Waals surface area contributed by atoms with Crippen LogP contribution >= 0.6 is 0 Å². The zero-order valence-electron chi connectivity index (χ0n) is 13.8. The van der Waals surface area contributed by atoms with E-state index in [1.54, 1.807) is 0 Å². The van der Waals surface area contributed by atoms with E-state index in [0.29, 0.717) is 12.1 Å². The Balaban J connectivity index is 1.56. The second-order valence-corrected chi connectivity index (χ2v) is 7.75. The van der Waals surface area contributed by atoms with E-state index in [1.165, 1.54) is 51.4 Å². The molecule has 4 N–H and O–H groups in total. The van der Waals surface area contributed by atoms with Gasteiger partial charge in [-0.2, -0.15) is 0 Å². The molecule has 0 aromatic rings. The monoisotopic (exact) mass is 310 g/mol. The van der Waals surface area contributed by atoms with Crippen LogP contribution in [0.4, 0.5) is 0 Å². The Labute approximate surface area is 135 Å². The Kier molecular flexibility index (Phi) is 6.14. The van der Waals surface area contributed by atoms with E-state index in [9.17, 15) is 10.2 Å². The summed E-state index contributed by atoms with van der Waals surface area (Å²) in [5, 5.41) is 28.0. The molecule has 0 radical (unpaired) electrons. The summed E-state index contributed by atoms with van der Waals surface area (Å²) in [5.74, 6) is 0. The van der Waals surface area contributed by atoms with Crippen LogP contribution in [-0.4, -0.2) is 46.6 Å². The van der Waals surface area contributed by atoms with Gasteiger partial charge in [-0.15, -0.1) is 0 Å². The van der Waals surface area contributed by atoms with Crippen LogP contribution in [0.1, 0.15) is 77.0 Å². The molecule has 3 fully saturated rings. The first-order chi connectivity index (χ1) is 10.7. The summed E-state index contributed by atoms with van der Waals surface area (Å²) in [6.45, 7) is 0. The van der Waals surface area contributed by atoms with Crippen molar-refractivity contribution < 1.29 is 10.2 Å². The first-order valence-corrected chi connectivity index (χ1v) is 9.62. The minimum atomic E-state index is -0.170. The standard InChI is InChI=1S/C18H34N2O2/c21-17-11-5-3-9-15(17)19-13-7-1-2-8-14(13)20-16-10-4-6-12-18(16)22/h13-22H,1-12H2/t13-,14-,15?,16?,17?,18?/m1/s1. The average Bonchev–Trinajstić information content (AvgIpc) is 2.53. The molecule has 0 bridgehead atoms. The zero-order valence-corrected chi connectivity index (χ0v) is 13.8. The van der Waals surface area contributed by atoms with E-state index >= 15 is 0 Å². The van der Waals surface area contributed by atoms with Crippen molar-refractivity contribution in [3.05, 3.63) is 0 Å². The molecule has 0 saturated heterocycles. The van der Waals surface area contributed by atoms with Crippen LogP contribution in [0.2, 0.25) is 0 Å². The predicted molar refractivity (Wildman–Crippen MR) is 88.8 cm³/mol. The van der Waals surface area contributed by atoms with Crippen molar-refractivity contribution in [3.63, 3.8) is 0 Å². The third-order valence-corrected chi connectivity index (χ3v) is 6.08. The minimum absolute atomic E-state index is 0.170. The Hall–Kier alpha value is -0.160. The van der Waals surface area contributed by atoms with Crippen LogP contribution in [-0.2, 0) is 0 Å². The van der Waals surface area contributed by atoms with Crippen LogP contribution in [0.5, 0.6) is 0 Å². The van der Waals surface area contributed by atoms with Crippen molar-refractivity contribution in [2.24, 2.45) is 0 Å². The molecule has 0 aromatic carbocycles. The Morgan fingerprint density at radius 2 is 0.773 bits per heavy atom. The van der Waals surface area contributed by atoms with Gasteiger partial charge in [-0.25, -0.2) is 0 Å². The van der Waals surface area contributed by atoms with E-state index < -0.39 is 0 Å². The van der Waals surface area contributed by atoms with Crippen LogP contribution < -0.4 is 10.6 Å². The van der Waals surface area contributed by atoms with Crippen molar-refractivity contribution in [2.75, 3.05) is 0 Å². The summed E-state index contributed by atoms with van der Waals surface area (Å²) >= 11 is 0. The fourth-order valence-corrected chi connectivity index (χ4v) is 4.69. The molecule has 3 aliphatic carbocycles. The van der Waals surface area contributed by atoms with Crippen molar-refractivity contribution in [2.45, 2.75) is 113 Å². The highest BCUT2D eigenvalue weighted by Crippen LogP contribution is 2.26. The maximum Gasteiger partial charge on any atom is 0.0693 e. The van der Waals surface area contributed by atoms with Gasteiger partial charge in [0.2, 0.25) is 0 Å². The lowest BCUT2D eigenvalue weighted by Gasteiger charge is -2.41. The zero-order chi connectivity index (χ0) is 15.4. The minimum Gasteiger partial charge on any atom is -0.392 e. The number of nitrogens with one attached hydrogen (secondary N) is 2. The van der Waals surface area contributed by atoms with E-state index in [0.717, 1.165) is 25.7 Å². The summed E-state index contributed by atoms with van der Waals surface area (Å²) < 4.78 is 0. The maximum absolute atomic E-state index is 10.2. The van der Waals surface area contributed by atoms with Crippen LogP contribution in [0.25, 0.3) is 0 Å². The Bertz CT molecular complexity index is 307. The molecule has 0 heterocycles. The second kappa shape index (κ2) is 8.09. The van der Waals surface area contributed by atoms with Crippen molar-refractivity contribution in [1.29, 1.82) is 0 Å². The van der Waals surface area contributed by atoms with Gasteiger partial charge in [0.25, 0.3) is 0 Å². The lowest BCUT2D eigenvalue weighted by Crippen LogP contribution is -2.59. The first-order valence-electron chi connectivity index (χ1n) is 9.62. The maximum atomic E-state index is 10.2. The largest absolute Gasteiger partial charge is 0.392 e. The summed E-state index contributed by atoms with van der Waals surface area (Å²) in [6.07, 6.45) is 13.5. The third kappa shape index (κ3) is 4.22. The van der Waals surface area contributed by atoms with Gasteiger partial charge in [0, 0.05) is 24.2 Å². The van der Waals surface area contributed by atoms with Gasteiger partial charge >= 0.3 is 0 Å². The number of hydrogen-bond donors (Lipinski definition) is 4. The lowest BCUT2D eigenvalue weighted by molar-refractivity contribution is 0.0618. The van der Waals surface area contributed by atoms with E-state index in [4.69, 9.17) is 0 Å². The summed E-state index contributed by atoms with van der Waals surface area (Å²) in [7, 11) is 0. The van der Waals surface area contributed by atoms with Crippen molar-refractivity contribution >= 4 is 0 Å². The van der Waals surface area contributed by atoms with Gasteiger partial charge in [-0.05, 0) is 38.5 Å². The smallest absolute Gasteiger partial charge is 0.0693 e. The quantitative estimate of drug-likeness (QED) is 0.642. The number of aliphatic hydroxyl groups is 2. The topological polar surface area (TPSA) is 64.5 Å². The van der Waals surface area contributed by atoms with Gasteiger partial charge in [-0.3, -0.25) is 0 Å².